The van der Waals surface area contributed by atoms with Gasteiger partial charge in [-0.25, -0.2) is 9.67 Å². The van der Waals surface area contributed by atoms with E-state index in [1.807, 2.05) is 0 Å². The predicted octanol–water partition coefficient (Wildman–Crippen LogP) is 1.49. The second-order valence-corrected chi connectivity index (χ2v) is 3.25. The van der Waals surface area contributed by atoms with E-state index >= 15 is 0 Å². The molecule has 0 aliphatic rings. The number of rotatable bonds is 3. The zero-order chi connectivity index (χ0) is 10.8. The van der Waals surface area contributed by atoms with E-state index in [2.05, 4.69) is 26.0 Å². The summed E-state index contributed by atoms with van der Waals surface area (Å²) in [7, 11) is 0. The van der Waals surface area contributed by atoms with Gasteiger partial charge in [0.25, 0.3) is 0 Å². The molecule has 1 aromatic heterocycles. The quantitative estimate of drug-likeness (QED) is 0.908. The molecule has 1 heterocycles. The third-order valence-electron chi connectivity index (χ3n) is 1.42. The molecule has 0 unspecified atom stereocenters. The molecule has 1 N–H and O–H groups in total. The highest BCUT2D eigenvalue weighted by Gasteiger charge is 2.27. The van der Waals surface area contributed by atoms with Gasteiger partial charge in [0, 0.05) is 0 Å². The van der Waals surface area contributed by atoms with E-state index < -0.39 is 19.2 Å². The van der Waals surface area contributed by atoms with Crippen molar-refractivity contribution in [3.8, 4) is 0 Å². The molecule has 14 heavy (non-hydrogen) atoms. The van der Waals surface area contributed by atoms with Crippen LogP contribution in [0.1, 0.15) is 12.2 Å². The van der Waals surface area contributed by atoms with E-state index in [9.17, 15) is 13.2 Å². The maximum atomic E-state index is 11.8. The highest BCUT2D eigenvalue weighted by molar-refractivity contribution is 9.10. The van der Waals surface area contributed by atoms with Gasteiger partial charge in [-0.1, -0.05) is 0 Å². The van der Waals surface area contributed by atoms with Crippen molar-refractivity contribution >= 4 is 15.9 Å². The van der Waals surface area contributed by atoms with Gasteiger partial charge in [0.1, 0.15) is 6.61 Å². The molecule has 0 aromatic carbocycles. The Hall–Kier alpha value is -0.630. The highest BCUT2D eigenvalue weighted by atomic mass is 79.9. The fourth-order valence-electron chi connectivity index (χ4n) is 0.809. The summed E-state index contributed by atoms with van der Waals surface area (Å²) in [5.74, 6) is 0.0963. The van der Waals surface area contributed by atoms with E-state index in [4.69, 9.17) is 5.11 Å². The van der Waals surface area contributed by atoms with Crippen LogP contribution in [0.2, 0.25) is 0 Å². The Bertz CT molecular complexity index is 312. The summed E-state index contributed by atoms with van der Waals surface area (Å²) in [6.45, 7) is -0.700. The van der Waals surface area contributed by atoms with Crippen LogP contribution in [0, 0.1) is 0 Å². The number of nitrogens with zero attached hydrogens (tertiary/aromatic N) is 3. The molecule has 1 aromatic rings. The first-order valence-corrected chi connectivity index (χ1v) is 4.48. The number of halogens is 4. The fourth-order valence-corrected chi connectivity index (χ4v) is 1.27. The molecule has 0 saturated heterocycles. The first kappa shape index (κ1) is 11.4. The van der Waals surface area contributed by atoms with Crippen LogP contribution in [0.5, 0.6) is 0 Å². The molecule has 0 spiro atoms. The fraction of sp³-hybridized carbons (Fsp3) is 0.667. The number of alkyl halides is 3. The van der Waals surface area contributed by atoms with Crippen LogP contribution >= 0.6 is 15.9 Å². The summed E-state index contributed by atoms with van der Waals surface area (Å²) in [4.78, 5) is 3.68. The molecule has 0 fully saturated rings. The van der Waals surface area contributed by atoms with E-state index in [1.54, 1.807) is 0 Å². The van der Waals surface area contributed by atoms with E-state index in [-0.39, 0.29) is 17.1 Å². The molecule has 1 rings (SSSR count). The van der Waals surface area contributed by atoms with E-state index in [0.29, 0.717) is 0 Å². The summed E-state index contributed by atoms with van der Waals surface area (Å²) >= 11 is 2.94. The molecule has 0 aliphatic carbocycles. The van der Waals surface area contributed by atoms with Gasteiger partial charge in [-0.2, -0.15) is 18.3 Å². The summed E-state index contributed by atoms with van der Waals surface area (Å²) in [6, 6.07) is 0. The molecule has 0 radical (unpaired) electrons. The Balaban J connectivity index is 2.63. The van der Waals surface area contributed by atoms with Gasteiger partial charge in [-0.15, -0.1) is 0 Å². The number of aliphatic hydroxyl groups excluding tert-OH is 1. The van der Waals surface area contributed by atoms with Gasteiger partial charge >= 0.3 is 6.18 Å². The van der Waals surface area contributed by atoms with Crippen molar-refractivity contribution in [3.05, 3.63) is 10.6 Å². The Morgan fingerprint density at radius 2 is 2.07 bits per heavy atom. The Labute approximate surface area is 85.9 Å². The molecule has 80 valence electrons. The van der Waals surface area contributed by atoms with Gasteiger partial charge in [0.15, 0.2) is 10.6 Å². The second-order valence-electron chi connectivity index (χ2n) is 2.54. The van der Waals surface area contributed by atoms with Gasteiger partial charge in [0.2, 0.25) is 0 Å². The minimum absolute atomic E-state index is 0.0963. The standard InChI is InChI=1S/C6H7BrF3N3O/c7-5-11-4(3-14)12-13(5)2-1-6(8,9)10/h14H,1-3H2. The van der Waals surface area contributed by atoms with E-state index in [1.165, 1.54) is 0 Å². The monoisotopic (exact) mass is 273 g/mol. The largest absolute Gasteiger partial charge is 0.390 e. The van der Waals surface area contributed by atoms with Crippen LogP contribution in [-0.4, -0.2) is 26.0 Å². The lowest BCUT2D eigenvalue weighted by molar-refractivity contribution is -0.137. The average Bonchev–Trinajstić information content (AvgIpc) is 2.42. The first-order valence-electron chi connectivity index (χ1n) is 3.69. The van der Waals surface area contributed by atoms with Crippen molar-refractivity contribution in [1.82, 2.24) is 14.8 Å². The topological polar surface area (TPSA) is 50.9 Å². The van der Waals surface area contributed by atoms with Crippen molar-refractivity contribution in [2.45, 2.75) is 25.7 Å². The Morgan fingerprint density at radius 1 is 1.43 bits per heavy atom. The van der Waals surface area contributed by atoms with Crippen LogP contribution < -0.4 is 0 Å². The Morgan fingerprint density at radius 3 is 2.50 bits per heavy atom. The molecule has 0 amide bonds. The van der Waals surface area contributed by atoms with Gasteiger partial charge in [-0.05, 0) is 15.9 Å². The molecular weight excluding hydrogens is 267 g/mol. The number of hydrogen-bond acceptors (Lipinski definition) is 3. The van der Waals surface area contributed by atoms with Crippen molar-refractivity contribution < 1.29 is 18.3 Å². The first-order chi connectivity index (χ1) is 6.42. The molecule has 4 nitrogen and oxygen atoms in total. The highest BCUT2D eigenvalue weighted by Crippen LogP contribution is 2.21. The van der Waals surface area contributed by atoms with Crippen molar-refractivity contribution in [2.75, 3.05) is 0 Å². The lowest BCUT2D eigenvalue weighted by Crippen LogP contribution is -2.13. The minimum atomic E-state index is -4.22. The van der Waals surface area contributed by atoms with Crippen LogP contribution in [0.25, 0.3) is 0 Å². The normalized spacial score (nSPS) is 12.1. The SMILES string of the molecule is OCc1nc(Br)n(CCC(F)(F)F)n1. The number of hydrogen-bond donors (Lipinski definition) is 1. The average molecular weight is 274 g/mol. The maximum absolute atomic E-state index is 11.8. The molecule has 0 atom stereocenters. The third-order valence-corrected chi connectivity index (χ3v) is 2.01. The number of aryl methyl sites for hydroxylation is 1. The number of aliphatic hydroxyl groups is 1. The zero-order valence-corrected chi connectivity index (χ0v) is 8.51. The van der Waals surface area contributed by atoms with Crippen molar-refractivity contribution in [3.63, 3.8) is 0 Å². The van der Waals surface area contributed by atoms with Crippen molar-refractivity contribution in [1.29, 1.82) is 0 Å². The summed E-state index contributed by atoms with van der Waals surface area (Å²) in [5.41, 5.74) is 0. The second kappa shape index (κ2) is 4.26. The van der Waals surface area contributed by atoms with E-state index in [0.717, 1.165) is 4.68 Å². The lowest BCUT2D eigenvalue weighted by atomic mass is 10.4. The van der Waals surface area contributed by atoms with Gasteiger partial charge < -0.3 is 5.11 Å². The number of aromatic nitrogens is 3. The predicted molar refractivity (Wildman–Crippen MR) is 44.3 cm³/mol. The van der Waals surface area contributed by atoms with Crippen LogP contribution in [0.4, 0.5) is 13.2 Å². The van der Waals surface area contributed by atoms with Gasteiger partial charge in [0.05, 0.1) is 13.0 Å². The summed E-state index contributed by atoms with van der Waals surface area (Å²) in [5, 5.41) is 12.3. The summed E-state index contributed by atoms with van der Waals surface area (Å²) in [6.07, 6.45) is -5.19. The van der Waals surface area contributed by atoms with Crippen LogP contribution in [-0.2, 0) is 13.2 Å². The third kappa shape index (κ3) is 3.26. The lowest BCUT2D eigenvalue weighted by Gasteiger charge is -2.05. The molecular formula is C6H7BrF3N3O. The van der Waals surface area contributed by atoms with Crippen LogP contribution in [0.3, 0.4) is 0 Å². The van der Waals surface area contributed by atoms with Crippen LogP contribution in [0.15, 0.2) is 4.73 Å². The zero-order valence-electron chi connectivity index (χ0n) is 6.92. The molecule has 0 saturated carbocycles. The van der Waals surface area contributed by atoms with Crippen molar-refractivity contribution in [2.24, 2.45) is 0 Å². The molecule has 0 aliphatic heterocycles. The molecule has 0 bridgehead atoms. The Kier molecular flexibility index (Phi) is 3.48. The smallest absolute Gasteiger partial charge is 0.388 e. The minimum Gasteiger partial charge on any atom is -0.388 e. The maximum Gasteiger partial charge on any atom is 0.390 e. The summed E-state index contributed by atoms with van der Waals surface area (Å²) < 4.78 is 36.7. The van der Waals surface area contributed by atoms with Gasteiger partial charge in [-0.3, -0.25) is 0 Å². The molecule has 8 heteroatoms.